The molecule has 2 rings (SSSR count). The van der Waals surface area contributed by atoms with Crippen molar-refractivity contribution >= 4 is 29.1 Å². The monoisotopic (exact) mass is 336 g/mol. The first kappa shape index (κ1) is 16.9. The van der Waals surface area contributed by atoms with Gasteiger partial charge < -0.3 is 15.7 Å². The highest BCUT2D eigenvalue weighted by atomic mass is 35.5. The molecule has 0 aliphatic heterocycles. The number of amides is 2. The van der Waals surface area contributed by atoms with Crippen molar-refractivity contribution in [1.82, 2.24) is 5.32 Å². The Morgan fingerprint density at radius 2 is 1.83 bits per heavy atom. The van der Waals surface area contributed by atoms with E-state index >= 15 is 0 Å². The third kappa shape index (κ3) is 5.05. The number of anilines is 1. The third-order valence-corrected chi connectivity index (χ3v) is 3.25. The van der Waals surface area contributed by atoms with Gasteiger partial charge in [0.05, 0.1) is 6.10 Å². The number of halogens is 2. The van der Waals surface area contributed by atoms with Crippen LogP contribution in [0.2, 0.25) is 5.02 Å². The van der Waals surface area contributed by atoms with Gasteiger partial charge in [0.25, 0.3) is 0 Å². The molecule has 0 saturated carbocycles. The molecule has 7 heteroatoms. The summed E-state index contributed by atoms with van der Waals surface area (Å²) < 4.78 is 13.0. The number of hydrogen-bond donors (Lipinski definition) is 3. The molecular formula is C16H14ClFN2O3. The summed E-state index contributed by atoms with van der Waals surface area (Å²) in [5.74, 6) is -2.40. The molecule has 0 heterocycles. The van der Waals surface area contributed by atoms with Crippen LogP contribution >= 0.6 is 11.6 Å². The number of hydrogen-bond acceptors (Lipinski definition) is 3. The number of nitrogens with one attached hydrogen (secondary N) is 2. The highest BCUT2D eigenvalue weighted by Crippen LogP contribution is 2.15. The zero-order chi connectivity index (χ0) is 16.8. The number of benzene rings is 2. The van der Waals surface area contributed by atoms with Crippen LogP contribution < -0.4 is 10.6 Å². The summed E-state index contributed by atoms with van der Waals surface area (Å²) in [6.45, 7) is -0.142. The summed E-state index contributed by atoms with van der Waals surface area (Å²) in [6, 6.07) is 11.6. The number of aliphatic hydroxyl groups is 1. The quantitative estimate of drug-likeness (QED) is 0.749. The molecule has 23 heavy (non-hydrogen) atoms. The molecular weight excluding hydrogens is 323 g/mol. The second kappa shape index (κ2) is 7.71. The van der Waals surface area contributed by atoms with Crippen molar-refractivity contribution < 1.29 is 19.1 Å². The van der Waals surface area contributed by atoms with E-state index in [0.717, 1.165) is 6.07 Å². The lowest BCUT2D eigenvalue weighted by Gasteiger charge is -2.12. The van der Waals surface area contributed by atoms with Gasteiger partial charge in [0, 0.05) is 17.3 Å². The minimum absolute atomic E-state index is 0.142. The predicted molar refractivity (Wildman–Crippen MR) is 84.5 cm³/mol. The first-order valence-electron chi connectivity index (χ1n) is 6.74. The van der Waals surface area contributed by atoms with Gasteiger partial charge in [-0.3, -0.25) is 9.59 Å². The van der Waals surface area contributed by atoms with Crippen LogP contribution in [-0.4, -0.2) is 23.5 Å². The molecule has 2 aromatic rings. The average Bonchev–Trinajstić information content (AvgIpc) is 2.53. The van der Waals surface area contributed by atoms with Crippen molar-refractivity contribution in [3.05, 3.63) is 64.9 Å². The molecule has 120 valence electrons. The van der Waals surface area contributed by atoms with E-state index in [1.54, 1.807) is 24.3 Å². The molecule has 0 aromatic heterocycles. The average molecular weight is 337 g/mol. The molecule has 2 aromatic carbocycles. The summed E-state index contributed by atoms with van der Waals surface area (Å²) in [5, 5.41) is 15.0. The molecule has 0 radical (unpaired) electrons. The van der Waals surface area contributed by atoms with Gasteiger partial charge in [-0.2, -0.15) is 0 Å². The molecule has 0 fully saturated rings. The van der Waals surface area contributed by atoms with Crippen LogP contribution in [0.15, 0.2) is 48.5 Å². The minimum atomic E-state index is -0.974. The Balaban J connectivity index is 1.86. The maximum atomic E-state index is 13.0. The van der Waals surface area contributed by atoms with Crippen molar-refractivity contribution in [3.63, 3.8) is 0 Å². The lowest BCUT2D eigenvalue weighted by atomic mass is 10.1. The summed E-state index contributed by atoms with van der Waals surface area (Å²) in [5.41, 5.74) is 0.726. The van der Waals surface area contributed by atoms with Crippen molar-refractivity contribution in [2.45, 2.75) is 6.10 Å². The van der Waals surface area contributed by atoms with Gasteiger partial charge in [0.2, 0.25) is 0 Å². The van der Waals surface area contributed by atoms with Gasteiger partial charge in [-0.15, -0.1) is 0 Å². The summed E-state index contributed by atoms with van der Waals surface area (Å²) in [7, 11) is 0. The SMILES string of the molecule is O=C(NCC(O)c1ccc(Cl)cc1)C(=O)Nc1cccc(F)c1. The Hall–Kier alpha value is -2.44. The molecule has 0 bridgehead atoms. The Morgan fingerprint density at radius 1 is 1.13 bits per heavy atom. The maximum absolute atomic E-state index is 13.0. The van der Waals surface area contributed by atoms with Gasteiger partial charge in [-0.05, 0) is 35.9 Å². The van der Waals surface area contributed by atoms with E-state index in [1.165, 1.54) is 18.2 Å². The van der Waals surface area contributed by atoms with Gasteiger partial charge in [0.15, 0.2) is 0 Å². The van der Waals surface area contributed by atoms with Gasteiger partial charge in [-0.25, -0.2) is 4.39 Å². The molecule has 0 aliphatic rings. The van der Waals surface area contributed by atoms with Crippen LogP contribution in [0, 0.1) is 5.82 Å². The number of carbonyl (C=O) groups excluding carboxylic acids is 2. The Morgan fingerprint density at radius 3 is 2.48 bits per heavy atom. The zero-order valence-electron chi connectivity index (χ0n) is 11.9. The van der Waals surface area contributed by atoms with Crippen LogP contribution in [0.4, 0.5) is 10.1 Å². The maximum Gasteiger partial charge on any atom is 0.313 e. The van der Waals surface area contributed by atoms with Crippen LogP contribution in [0.1, 0.15) is 11.7 Å². The van der Waals surface area contributed by atoms with Crippen molar-refractivity contribution in [2.24, 2.45) is 0 Å². The van der Waals surface area contributed by atoms with E-state index in [9.17, 15) is 19.1 Å². The fourth-order valence-electron chi connectivity index (χ4n) is 1.83. The van der Waals surface area contributed by atoms with Gasteiger partial charge in [-0.1, -0.05) is 29.8 Å². The highest BCUT2D eigenvalue weighted by molar-refractivity contribution is 6.39. The van der Waals surface area contributed by atoms with E-state index in [0.29, 0.717) is 10.6 Å². The fraction of sp³-hybridized carbons (Fsp3) is 0.125. The second-order valence-corrected chi connectivity index (χ2v) is 5.18. The lowest BCUT2D eigenvalue weighted by molar-refractivity contribution is -0.136. The Labute approximate surface area is 137 Å². The molecule has 3 N–H and O–H groups in total. The number of rotatable bonds is 4. The first-order chi connectivity index (χ1) is 11.0. The predicted octanol–water partition coefficient (Wildman–Crippen LogP) is 2.27. The van der Waals surface area contributed by atoms with Gasteiger partial charge >= 0.3 is 11.8 Å². The van der Waals surface area contributed by atoms with Crippen LogP contribution in [-0.2, 0) is 9.59 Å². The largest absolute Gasteiger partial charge is 0.387 e. The van der Waals surface area contributed by atoms with Crippen LogP contribution in [0.25, 0.3) is 0 Å². The minimum Gasteiger partial charge on any atom is -0.387 e. The summed E-state index contributed by atoms with van der Waals surface area (Å²) in [6.07, 6.45) is -0.974. The summed E-state index contributed by atoms with van der Waals surface area (Å²) >= 11 is 5.74. The van der Waals surface area contributed by atoms with E-state index in [4.69, 9.17) is 11.6 Å². The number of aliphatic hydroxyl groups excluding tert-OH is 1. The fourth-order valence-corrected chi connectivity index (χ4v) is 1.95. The van der Waals surface area contributed by atoms with Gasteiger partial charge in [0.1, 0.15) is 5.82 Å². The molecule has 0 aliphatic carbocycles. The van der Waals surface area contributed by atoms with Crippen molar-refractivity contribution in [2.75, 3.05) is 11.9 Å². The molecule has 2 amide bonds. The van der Waals surface area contributed by atoms with Crippen molar-refractivity contribution in [3.8, 4) is 0 Å². The standard InChI is InChI=1S/C16H14ClFN2O3/c17-11-6-4-10(5-7-11)14(21)9-19-15(22)16(23)20-13-3-1-2-12(18)8-13/h1-8,14,21H,9H2,(H,19,22)(H,20,23). The number of carbonyl (C=O) groups is 2. The van der Waals surface area contributed by atoms with Crippen LogP contribution in [0.3, 0.4) is 0 Å². The third-order valence-electron chi connectivity index (χ3n) is 3.00. The van der Waals surface area contributed by atoms with E-state index in [2.05, 4.69) is 10.6 Å². The van der Waals surface area contributed by atoms with E-state index in [-0.39, 0.29) is 12.2 Å². The topological polar surface area (TPSA) is 78.4 Å². The first-order valence-corrected chi connectivity index (χ1v) is 7.12. The zero-order valence-corrected chi connectivity index (χ0v) is 12.7. The van der Waals surface area contributed by atoms with E-state index < -0.39 is 23.7 Å². The molecule has 1 unspecified atom stereocenters. The molecule has 0 spiro atoms. The molecule has 0 saturated heterocycles. The van der Waals surface area contributed by atoms with Crippen molar-refractivity contribution in [1.29, 1.82) is 0 Å². The smallest absolute Gasteiger partial charge is 0.313 e. The molecule has 1 atom stereocenters. The molecule has 5 nitrogen and oxygen atoms in total. The van der Waals surface area contributed by atoms with Crippen LogP contribution in [0.5, 0.6) is 0 Å². The Bertz CT molecular complexity index is 707. The summed E-state index contributed by atoms with van der Waals surface area (Å²) in [4.78, 5) is 23.3. The second-order valence-electron chi connectivity index (χ2n) is 4.74. The normalized spacial score (nSPS) is 11.6. The van der Waals surface area contributed by atoms with E-state index in [1.807, 2.05) is 0 Å². The lowest BCUT2D eigenvalue weighted by Crippen LogP contribution is -2.37. The highest BCUT2D eigenvalue weighted by Gasteiger charge is 2.16. The Kier molecular flexibility index (Phi) is 5.67.